The minimum atomic E-state index is 0.569. The lowest BCUT2D eigenvalue weighted by atomic mass is 10.0. The van der Waals surface area contributed by atoms with Gasteiger partial charge in [-0.25, -0.2) is 15.0 Å². The molecule has 0 unspecified atom stereocenters. The van der Waals surface area contributed by atoms with Crippen molar-refractivity contribution in [3.05, 3.63) is 218 Å². The number of furan rings is 1. The number of para-hydroxylation sites is 1. The first kappa shape index (κ1) is 36.0. The maximum atomic E-state index is 7.01. The molecule has 13 rings (SSSR count). The Bertz CT molecular complexity index is 3860. The fourth-order valence-corrected chi connectivity index (χ4v) is 9.54. The number of hydrogen-bond acceptors (Lipinski definition) is 4. The van der Waals surface area contributed by atoms with Gasteiger partial charge in [0.15, 0.2) is 23.1 Å². The van der Waals surface area contributed by atoms with E-state index in [0.29, 0.717) is 17.5 Å². The lowest BCUT2D eigenvalue weighted by molar-refractivity contribution is 0.666. The molecule has 0 N–H and O–H groups in total. The van der Waals surface area contributed by atoms with Gasteiger partial charge in [-0.05, 0) is 92.3 Å². The van der Waals surface area contributed by atoms with Gasteiger partial charge in [0, 0.05) is 38.2 Å². The molecule has 0 aliphatic heterocycles. The zero-order valence-corrected chi connectivity index (χ0v) is 34.5. The summed E-state index contributed by atoms with van der Waals surface area (Å²) in [5.41, 5.74) is 11.8. The first-order valence-corrected chi connectivity index (χ1v) is 21.6. The highest BCUT2D eigenvalue weighted by Gasteiger charge is 2.23. The fraction of sp³-hybridized carbons (Fsp3) is 0. The van der Waals surface area contributed by atoms with Crippen LogP contribution in [0.3, 0.4) is 0 Å². The van der Waals surface area contributed by atoms with Crippen molar-refractivity contribution >= 4 is 65.3 Å². The number of benzene rings is 10. The Hall–Kier alpha value is -8.67. The van der Waals surface area contributed by atoms with E-state index < -0.39 is 0 Å². The van der Waals surface area contributed by atoms with Crippen molar-refractivity contribution < 1.29 is 4.42 Å². The fourth-order valence-electron chi connectivity index (χ4n) is 9.54. The molecule has 5 nitrogen and oxygen atoms in total. The van der Waals surface area contributed by atoms with E-state index in [4.69, 9.17) is 19.4 Å². The Morgan fingerprint density at radius 1 is 0.312 bits per heavy atom. The van der Waals surface area contributed by atoms with Crippen LogP contribution in [0.25, 0.3) is 127 Å². The summed E-state index contributed by atoms with van der Waals surface area (Å²) in [4.78, 5) is 16.0. The minimum Gasteiger partial charge on any atom is -0.454 e. The third kappa shape index (κ3) is 5.90. The first-order chi connectivity index (χ1) is 31.7. The molecule has 298 valence electrons. The van der Waals surface area contributed by atoms with Gasteiger partial charge in [-0.2, -0.15) is 0 Å². The van der Waals surface area contributed by atoms with E-state index >= 15 is 0 Å². The number of fused-ring (bicyclic) bond motifs is 9. The van der Waals surface area contributed by atoms with Gasteiger partial charge in [-0.3, -0.25) is 0 Å². The molecular weight excluding hydrogens is 781 g/mol. The summed E-state index contributed by atoms with van der Waals surface area (Å²) in [6.45, 7) is 0. The van der Waals surface area contributed by atoms with Crippen LogP contribution in [-0.4, -0.2) is 19.5 Å². The largest absolute Gasteiger partial charge is 0.454 e. The standard InChI is InChI=1S/C59H36N4O/c1-3-15-37(16-4-1)40-22-13-24-44(31-40)57-60-58(45-25-14-23-41(32-45)38-17-5-2-6-18-38)62-59(61-57)46-34-50-55-47-26-10-9-19-39(47)29-30-54(55)64-56(50)53(36-46)63-51-28-12-11-27-48(51)49-33-42-20-7-8-21-43(42)35-52(49)63/h1-36H. The Labute approximate surface area is 368 Å². The molecule has 13 aromatic rings. The molecule has 0 spiro atoms. The highest BCUT2D eigenvalue weighted by molar-refractivity contribution is 6.21. The van der Waals surface area contributed by atoms with Crippen LogP contribution >= 0.6 is 0 Å². The van der Waals surface area contributed by atoms with Gasteiger partial charge in [-0.15, -0.1) is 0 Å². The molecule has 0 atom stereocenters. The summed E-state index contributed by atoms with van der Waals surface area (Å²) in [6.07, 6.45) is 0. The van der Waals surface area contributed by atoms with Gasteiger partial charge in [0.1, 0.15) is 5.58 Å². The van der Waals surface area contributed by atoms with Crippen LogP contribution in [0.2, 0.25) is 0 Å². The SMILES string of the molecule is c1ccc(-c2cccc(-c3nc(-c4cccc(-c5ccccc5)c4)nc(-c4cc(-n5c6ccccc6c6cc7ccccc7cc65)c5oc6ccc7ccccc7c6c5c4)n3)c2)cc1. The number of hydrogen-bond donors (Lipinski definition) is 0. The normalized spacial score (nSPS) is 11.8. The maximum absolute atomic E-state index is 7.01. The van der Waals surface area contributed by atoms with Crippen molar-refractivity contribution in [3.8, 4) is 62.1 Å². The molecule has 3 aromatic heterocycles. The summed E-state index contributed by atoms with van der Waals surface area (Å²) in [5, 5.41) is 9.04. The van der Waals surface area contributed by atoms with Crippen molar-refractivity contribution in [1.29, 1.82) is 0 Å². The first-order valence-electron chi connectivity index (χ1n) is 21.6. The molecule has 5 heteroatoms. The van der Waals surface area contributed by atoms with Crippen LogP contribution in [0, 0.1) is 0 Å². The zero-order valence-electron chi connectivity index (χ0n) is 34.5. The Morgan fingerprint density at radius 3 is 1.52 bits per heavy atom. The van der Waals surface area contributed by atoms with Crippen LogP contribution in [0.1, 0.15) is 0 Å². The van der Waals surface area contributed by atoms with Crippen molar-refractivity contribution in [2.75, 3.05) is 0 Å². The van der Waals surface area contributed by atoms with E-state index in [1.165, 1.54) is 21.5 Å². The molecule has 0 amide bonds. The van der Waals surface area contributed by atoms with Crippen molar-refractivity contribution in [1.82, 2.24) is 19.5 Å². The molecular formula is C59H36N4O. The van der Waals surface area contributed by atoms with Gasteiger partial charge < -0.3 is 8.98 Å². The molecule has 3 heterocycles. The summed E-state index contributed by atoms with van der Waals surface area (Å²) < 4.78 is 9.38. The van der Waals surface area contributed by atoms with Crippen LogP contribution < -0.4 is 0 Å². The number of aromatic nitrogens is 4. The van der Waals surface area contributed by atoms with Crippen LogP contribution in [0.4, 0.5) is 0 Å². The molecule has 0 aliphatic carbocycles. The number of rotatable bonds is 6. The second kappa shape index (κ2) is 14.5. The lowest BCUT2D eigenvalue weighted by Crippen LogP contribution is -2.02. The molecule has 0 bridgehead atoms. The average Bonchev–Trinajstić information content (AvgIpc) is 3.91. The molecule has 0 saturated heterocycles. The second-order valence-electron chi connectivity index (χ2n) is 16.4. The Kier molecular flexibility index (Phi) is 8.15. The summed E-state index contributed by atoms with van der Waals surface area (Å²) >= 11 is 0. The highest BCUT2D eigenvalue weighted by Crippen LogP contribution is 2.43. The maximum Gasteiger partial charge on any atom is 0.164 e. The van der Waals surface area contributed by atoms with Crippen molar-refractivity contribution in [2.45, 2.75) is 0 Å². The Balaban J connectivity index is 1.12. The van der Waals surface area contributed by atoms with E-state index in [2.05, 4.69) is 211 Å². The molecule has 0 radical (unpaired) electrons. The van der Waals surface area contributed by atoms with Gasteiger partial charge in [-0.1, -0.05) is 170 Å². The third-order valence-electron chi connectivity index (χ3n) is 12.6. The molecule has 64 heavy (non-hydrogen) atoms. The molecule has 0 aliphatic rings. The van der Waals surface area contributed by atoms with Crippen molar-refractivity contribution in [2.24, 2.45) is 0 Å². The predicted molar refractivity (Wildman–Crippen MR) is 264 cm³/mol. The van der Waals surface area contributed by atoms with Crippen LogP contribution in [-0.2, 0) is 0 Å². The molecule has 10 aromatic carbocycles. The van der Waals surface area contributed by atoms with Gasteiger partial charge in [0.2, 0.25) is 0 Å². The van der Waals surface area contributed by atoms with Crippen molar-refractivity contribution in [3.63, 3.8) is 0 Å². The van der Waals surface area contributed by atoms with E-state index in [1.54, 1.807) is 0 Å². The Morgan fingerprint density at radius 2 is 0.844 bits per heavy atom. The zero-order chi connectivity index (χ0) is 42.1. The van der Waals surface area contributed by atoms with Gasteiger partial charge in [0.25, 0.3) is 0 Å². The average molecular weight is 817 g/mol. The molecule has 0 fully saturated rings. The van der Waals surface area contributed by atoms with E-state index in [-0.39, 0.29) is 0 Å². The van der Waals surface area contributed by atoms with Crippen LogP contribution in [0.15, 0.2) is 223 Å². The second-order valence-corrected chi connectivity index (χ2v) is 16.4. The monoisotopic (exact) mass is 816 g/mol. The lowest BCUT2D eigenvalue weighted by Gasteiger charge is -2.13. The number of nitrogens with zero attached hydrogens (tertiary/aromatic N) is 4. The van der Waals surface area contributed by atoms with Crippen LogP contribution in [0.5, 0.6) is 0 Å². The summed E-state index contributed by atoms with van der Waals surface area (Å²) in [7, 11) is 0. The molecule has 0 saturated carbocycles. The van der Waals surface area contributed by atoms with E-state index in [1.807, 2.05) is 12.1 Å². The van der Waals surface area contributed by atoms with Gasteiger partial charge in [0.05, 0.1) is 16.7 Å². The summed E-state index contributed by atoms with van der Waals surface area (Å²) in [6, 6.07) is 76.8. The minimum absolute atomic E-state index is 0.569. The third-order valence-corrected chi connectivity index (χ3v) is 12.6. The highest BCUT2D eigenvalue weighted by atomic mass is 16.3. The smallest absolute Gasteiger partial charge is 0.164 e. The van der Waals surface area contributed by atoms with E-state index in [9.17, 15) is 0 Å². The summed E-state index contributed by atoms with van der Waals surface area (Å²) in [5.74, 6) is 1.75. The topological polar surface area (TPSA) is 56.7 Å². The van der Waals surface area contributed by atoms with E-state index in [0.717, 1.165) is 88.4 Å². The van der Waals surface area contributed by atoms with Gasteiger partial charge >= 0.3 is 0 Å². The quantitative estimate of drug-likeness (QED) is 0.168. The predicted octanol–water partition coefficient (Wildman–Crippen LogP) is 15.5.